The lowest BCUT2D eigenvalue weighted by Crippen LogP contribution is -2.26. The summed E-state index contributed by atoms with van der Waals surface area (Å²) in [7, 11) is 0. The van der Waals surface area contributed by atoms with Crippen LogP contribution in [0.1, 0.15) is 67.6 Å². The van der Waals surface area contributed by atoms with Crippen molar-refractivity contribution in [2.45, 2.75) is 58.4 Å². The summed E-state index contributed by atoms with van der Waals surface area (Å²) in [5.41, 5.74) is -2.04. The van der Waals surface area contributed by atoms with E-state index < -0.39 is 33.8 Å². The van der Waals surface area contributed by atoms with E-state index in [9.17, 15) is 22.5 Å². The number of alkyl halides is 3. The highest BCUT2D eigenvalue weighted by Crippen LogP contribution is 2.39. The number of benzene rings is 2. The maximum absolute atomic E-state index is 14.0. The molecule has 0 bridgehead atoms. The Balaban J connectivity index is 2.64. The Labute approximate surface area is 195 Å². The summed E-state index contributed by atoms with van der Waals surface area (Å²) in [5.74, 6) is -0.809. The molecule has 5 nitrogen and oxygen atoms in total. The number of nitrogens with zero attached hydrogens (tertiary/aromatic N) is 1. The van der Waals surface area contributed by atoms with Crippen LogP contribution in [0.15, 0.2) is 40.8 Å². The first-order valence-electron chi connectivity index (χ1n) is 10.5. The molecule has 1 atom stereocenters. The van der Waals surface area contributed by atoms with Gasteiger partial charge in [-0.1, -0.05) is 35.9 Å². The summed E-state index contributed by atoms with van der Waals surface area (Å²) in [6, 6.07) is 9.17. The van der Waals surface area contributed by atoms with Crippen LogP contribution in [-0.2, 0) is 17.5 Å². The Morgan fingerprint density at radius 3 is 2.36 bits per heavy atom. The van der Waals surface area contributed by atoms with Gasteiger partial charge in [0, 0.05) is 5.56 Å². The van der Waals surface area contributed by atoms with Crippen LogP contribution in [-0.4, -0.2) is 28.1 Å². The average molecular weight is 484 g/mol. The van der Waals surface area contributed by atoms with Crippen LogP contribution in [0, 0.1) is 6.92 Å². The number of unbranched alkanes of at least 4 members (excludes halogenated alkanes) is 1. The van der Waals surface area contributed by atoms with Gasteiger partial charge in [-0.25, -0.2) is 4.79 Å². The van der Waals surface area contributed by atoms with Gasteiger partial charge < -0.3 is 14.0 Å². The summed E-state index contributed by atoms with van der Waals surface area (Å²) in [5, 5.41) is 0. The fraction of sp³-hybridized carbons (Fsp3) is 0.417. The maximum atomic E-state index is 14.0. The van der Waals surface area contributed by atoms with Crippen molar-refractivity contribution in [1.82, 2.24) is 0 Å². The van der Waals surface area contributed by atoms with Crippen molar-refractivity contribution < 1.29 is 32.0 Å². The van der Waals surface area contributed by atoms with E-state index in [1.807, 2.05) is 6.92 Å². The minimum absolute atomic E-state index is 0.0436. The zero-order chi connectivity index (χ0) is 24.8. The Morgan fingerprint density at radius 1 is 1.18 bits per heavy atom. The number of esters is 1. The summed E-state index contributed by atoms with van der Waals surface area (Å²) < 4.78 is 68.5. The molecule has 2 rings (SSSR count). The molecule has 0 aliphatic carbocycles. The molecule has 0 aliphatic heterocycles. The van der Waals surface area contributed by atoms with Crippen LogP contribution in [0.4, 0.5) is 13.2 Å². The molecule has 0 heterocycles. The summed E-state index contributed by atoms with van der Waals surface area (Å²) in [6.45, 7) is 8.33. The molecule has 0 fully saturated rings. The highest BCUT2D eigenvalue weighted by Gasteiger charge is 2.39. The number of para-hydroxylation sites is 1. The van der Waals surface area contributed by atoms with Crippen molar-refractivity contribution in [2.75, 3.05) is 6.61 Å². The highest BCUT2D eigenvalue weighted by atomic mass is 32.2. The normalized spacial score (nSPS) is 13.2. The van der Waals surface area contributed by atoms with Crippen LogP contribution in [0.5, 0.6) is 11.5 Å². The number of carbonyl (C=O) groups excluding carboxylic acids is 1. The van der Waals surface area contributed by atoms with E-state index in [1.54, 1.807) is 39.0 Å². The molecule has 0 saturated carbocycles. The van der Waals surface area contributed by atoms with Crippen LogP contribution in [0.25, 0.3) is 0 Å². The van der Waals surface area contributed by atoms with Gasteiger partial charge in [-0.05, 0) is 57.9 Å². The third-order valence-electron chi connectivity index (χ3n) is 4.58. The van der Waals surface area contributed by atoms with Gasteiger partial charge in [0.25, 0.3) is 0 Å². The molecule has 0 N–H and O–H groups in total. The molecule has 0 aliphatic rings. The fourth-order valence-corrected chi connectivity index (χ4v) is 3.42. The summed E-state index contributed by atoms with van der Waals surface area (Å²) >= 11 is -1.76. The first-order chi connectivity index (χ1) is 15.4. The van der Waals surface area contributed by atoms with E-state index >= 15 is 0 Å². The maximum Gasteiger partial charge on any atom is 0.417 e. The predicted molar refractivity (Wildman–Crippen MR) is 123 cm³/mol. The minimum Gasteiger partial charge on any atom is -0.591 e. The van der Waals surface area contributed by atoms with E-state index in [-0.39, 0.29) is 34.8 Å². The second-order valence-electron chi connectivity index (χ2n) is 8.34. The third kappa shape index (κ3) is 7.23. The number of rotatable bonds is 8. The lowest BCUT2D eigenvalue weighted by Gasteiger charge is -2.21. The number of hydrogen-bond donors (Lipinski definition) is 0. The zero-order valence-electron chi connectivity index (χ0n) is 19.3. The Kier molecular flexibility index (Phi) is 8.97. The molecular formula is C24H28F3NO4S. The summed E-state index contributed by atoms with van der Waals surface area (Å²) in [6.07, 6.45) is -2.43. The van der Waals surface area contributed by atoms with Crippen LogP contribution in [0.3, 0.4) is 0 Å². The van der Waals surface area contributed by atoms with Crippen molar-refractivity contribution in [3.63, 3.8) is 0 Å². The van der Waals surface area contributed by atoms with E-state index in [4.69, 9.17) is 9.47 Å². The second-order valence-corrected chi connectivity index (χ2v) is 10.3. The fourth-order valence-electron chi connectivity index (χ4n) is 2.89. The number of ether oxygens (including phenoxy) is 2. The van der Waals surface area contributed by atoms with Crippen molar-refractivity contribution >= 4 is 23.5 Å². The number of hydrogen-bond acceptors (Lipinski definition) is 5. The Bertz CT molecular complexity index is 986. The minimum atomic E-state index is -4.79. The Morgan fingerprint density at radius 2 is 1.82 bits per heavy atom. The van der Waals surface area contributed by atoms with Gasteiger partial charge in [0.1, 0.15) is 33.2 Å². The van der Waals surface area contributed by atoms with Gasteiger partial charge in [0.2, 0.25) is 0 Å². The number of halogens is 3. The predicted octanol–water partition coefficient (Wildman–Crippen LogP) is 6.29. The quantitative estimate of drug-likeness (QED) is 0.145. The summed E-state index contributed by atoms with van der Waals surface area (Å²) in [4.78, 5) is 12.9. The molecule has 0 saturated heterocycles. The SMILES string of the molecule is CCCCOc1cc(C=N[S+]([O-])C(C)(C)C)c(C(F)(F)F)c(C)c1C(=O)Oc1ccccc1. The van der Waals surface area contributed by atoms with Gasteiger partial charge in [0.15, 0.2) is 0 Å². The van der Waals surface area contributed by atoms with Gasteiger partial charge in [-0.2, -0.15) is 13.2 Å². The molecule has 0 aromatic heterocycles. The standard InChI is InChI=1S/C24H28F3NO4S/c1-6-7-13-31-19-14-17(15-28-33(30)23(3,4)5)21(24(25,26)27)16(2)20(19)22(29)32-18-11-9-8-10-12-18/h8-12,14-15H,6-7,13H2,1-5H3. The molecule has 1 unspecified atom stereocenters. The topological polar surface area (TPSA) is 71.0 Å². The molecule has 2 aromatic rings. The highest BCUT2D eigenvalue weighted by molar-refractivity contribution is 7.91. The van der Waals surface area contributed by atoms with Gasteiger partial charge in [-0.15, -0.1) is 0 Å². The van der Waals surface area contributed by atoms with Crippen LogP contribution in [0.2, 0.25) is 0 Å². The molecule has 33 heavy (non-hydrogen) atoms. The van der Waals surface area contributed by atoms with E-state index in [0.717, 1.165) is 18.7 Å². The zero-order valence-corrected chi connectivity index (χ0v) is 20.1. The van der Waals surface area contributed by atoms with E-state index in [1.165, 1.54) is 19.1 Å². The first-order valence-corrected chi connectivity index (χ1v) is 11.6. The van der Waals surface area contributed by atoms with Crippen molar-refractivity contribution in [3.05, 3.63) is 58.7 Å². The second kappa shape index (κ2) is 11.1. The average Bonchev–Trinajstić information content (AvgIpc) is 2.70. The molecule has 0 spiro atoms. The number of carbonyl (C=O) groups is 1. The monoisotopic (exact) mass is 483 g/mol. The van der Waals surface area contributed by atoms with Gasteiger partial charge in [0.05, 0.1) is 18.4 Å². The molecule has 180 valence electrons. The molecule has 9 heteroatoms. The lowest BCUT2D eigenvalue weighted by molar-refractivity contribution is -0.138. The van der Waals surface area contributed by atoms with Crippen molar-refractivity contribution in [1.29, 1.82) is 0 Å². The first kappa shape index (κ1) is 26.7. The van der Waals surface area contributed by atoms with Crippen molar-refractivity contribution in [2.24, 2.45) is 4.40 Å². The third-order valence-corrected chi connectivity index (χ3v) is 5.92. The van der Waals surface area contributed by atoms with E-state index in [2.05, 4.69) is 4.40 Å². The smallest absolute Gasteiger partial charge is 0.417 e. The van der Waals surface area contributed by atoms with Crippen LogP contribution >= 0.6 is 0 Å². The largest absolute Gasteiger partial charge is 0.591 e. The van der Waals surface area contributed by atoms with Gasteiger partial charge in [-0.3, -0.25) is 0 Å². The van der Waals surface area contributed by atoms with Gasteiger partial charge >= 0.3 is 12.1 Å². The van der Waals surface area contributed by atoms with E-state index in [0.29, 0.717) is 6.42 Å². The molecular weight excluding hydrogens is 455 g/mol. The van der Waals surface area contributed by atoms with Crippen molar-refractivity contribution in [3.8, 4) is 11.5 Å². The Hall–Kier alpha value is -2.52. The molecule has 0 radical (unpaired) electrons. The lowest BCUT2D eigenvalue weighted by atomic mass is 9.95. The van der Waals surface area contributed by atoms with Crippen LogP contribution < -0.4 is 9.47 Å². The molecule has 2 aromatic carbocycles. The molecule has 0 amide bonds.